The van der Waals surface area contributed by atoms with E-state index in [1.165, 1.54) is 11.0 Å². The first-order chi connectivity index (χ1) is 14.6. The van der Waals surface area contributed by atoms with Crippen LogP contribution in [0.1, 0.15) is 24.9 Å². The predicted octanol–water partition coefficient (Wildman–Crippen LogP) is 2.53. The molecule has 30 heavy (non-hydrogen) atoms. The second-order valence-electron chi connectivity index (χ2n) is 6.74. The monoisotopic (exact) mass is 410 g/mol. The van der Waals surface area contributed by atoms with Crippen LogP contribution in [0.5, 0.6) is 11.5 Å². The molecule has 1 N–H and O–H groups in total. The molecular formula is C21H22N4O5. The fourth-order valence-corrected chi connectivity index (χ4v) is 3.60. The van der Waals surface area contributed by atoms with Gasteiger partial charge >= 0.3 is 0 Å². The number of hydrogen-bond acceptors (Lipinski definition) is 6. The molecule has 0 saturated heterocycles. The Bertz CT molecular complexity index is 1270. The zero-order valence-electron chi connectivity index (χ0n) is 16.9. The number of para-hydroxylation sites is 1. The zero-order valence-corrected chi connectivity index (χ0v) is 16.9. The lowest BCUT2D eigenvalue weighted by Gasteiger charge is -2.18. The van der Waals surface area contributed by atoms with Crippen molar-refractivity contribution in [3.63, 3.8) is 0 Å². The van der Waals surface area contributed by atoms with Crippen molar-refractivity contribution in [2.75, 3.05) is 14.2 Å². The highest BCUT2D eigenvalue weighted by atomic mass is 16.5. The summed E-state index contributed by atoms with van der Waals surface area (Å²) in [6, 6.07) is 8.11. The Kier molecular flexibility index (Phi) is 5.18. The zero-order chi connectivity index (χ0) is 21.3. The molecule has 0 bridgehead atoms. The third kappa shape index (κ3) is 3.18. The molecule has 9 nitrogen and oxygen atoms in total. The lowest BCUT2D eigenvalue weighted by molar-refractivity contribution is -0.125. The number of benzene rings is 1. The number of rotatable bonds is 7. The number of nitrogens with one attached hydrogen (secondary N) is 1. The summed E-state index contributed by atoms with van der Waals surface area (Å²) in [7, 11) is 3.10. The van der Waals surface area contributed by atoms with Gasteiger partial charge in [0.2, 0.25) is 5.91 Å². The molecule has 1 unspecified atom stereocenters. The molecule has 0 aliphatic rings. The third-order valence-electron chi connectivity index (χ3n) is 5.10. The van der Waals surface area contributed by atoms with E-state index in [2.05, 4.69) is 10.4 Å². The first-order valence-electron chi connectivity index (χ1n) is 9.52. The first-order valence-corrected chi connectivity index (χ1v) is 9.52. The highest BCUT2D eigenvalue weighted by molar-refractivity contribution is 5.83. The second kappa shape index (κ2) is 7.94. The molecule has 4 aromatic rings. The molecule has 4 rings (SSSR count). The Morgan fingerprint density at radius 1 is 1.23 bits per heavy atom. The van der Waals surface area contributed by atoms with Crippen molar-refractivity contribution in [1.82, 2.24) is 19.5 Å². The van der Waals surface area contributed by atoms with Gasteiger partial charge in [0.05, 0.1) is 26.0 Å². The molecule has 3 aromatic heterocycles. The van der Waals surface area contributed by atoms with E-state index in [0.717, 1.165) is 11.1 Å². The minimum Gasteiger partial charge on any atom is -0.493 e. The number of aromatic nitrogens is 3. The van der Waals surface area contributed by atoms with Crippen LogP contribution in [0.3, 0.4) is 0 Å². The molecule has 1 aromatic carbocycles. The minimum absolute atomic E-state index is 0.227. The maximum absolute atomic E-state index is 13.0. The maximum Gasteiger partial charge on any atom is 0.291 e. The first kappa shape index (κ1) is 19.6. The number of ether oxygens (including phenoxy) is 2. The predicted molar refractivity (Wildman–Crippen MR) is 110 cm³/mol. The molecule has 0 spiro atoms. The number of fused-ring (bicyclic) bond motifs is 3. The largest absolute Gasteiger partial charge is 0.493 e. The van der Waals surface area contributed by atoms with Crippen LogP contribution in [0.25, 0.3) is 16.6 Å². The van der Waals surface area contributed by atoms with Crippen molar-refractivity contribution >= 4 is 22.5 Å². The van der Waals surface area contributed by atoms with Crippen molar-refractivity contribution in [3.8, 4) is 11.5 Å². The summed E-state index contributed by atoms with van der Waals surface area (Å²) in [6.07, 6.45) is 3.48. The molecule has 0 radical (unpaired) electrons. The summed E-state index contributed by atoms with van der Waals surface area (Å²) in [5.41, 5.74) is 2.16. The van der Waals surface area contributed by atoms with Crippen LogP contribution in [-0.4, -0.2) is 34.3 Å². The molecule has 9 heteroatoms. The van der Waals surface area contributed by atoms with Gasteiger partial charge in [0.15, 0.2) is 17.1 Å². The van der Waals surface area contributed by atoms with Gasteiger partial charge < -0.3 is 19.2 Å². The van der Waals surface area contributed by atoms with Crippen LogP contribution in [0.4, 0.5) is 0 Å². The third-order valence-corrected chi connectivity index (χ3v) is 5.10. The summed E-state index contributed by atoms with van der Waals surface area (Å²) in [6.45, 7) is 2.06. The smallest absolute Gasteiger partial charge is 0.291 e. The van der Waals surface area contributed by atoms with Gasteiger partial charge in [0.25, 0.3) is 5.56 Å². The Hall–Kier alpha value is -3.75. The summed E-state index contributed by atoms with van der Waals surface area (Å²) in [5.74, 6) is 0.828. The van der Waals surface area contributed by atoms with E-state index in [1.54, 1.807) is 43.1 Å². The van der Waals surface area contributed by atoms with Crippen molar-refractivity contribution in [2.45, 2.75) is 25.9 Å². The van der Waals surface area contributed by atoms with Gasteiger partial charge in [-0.25, -0.2) is 4.68 Å². The Morgan fingerprint density at radius 3 is 2.80 bits per heavy atom. The molecule has 1 atom stereocenters. The number of methoxy groups -OCH3 is 2. The molecule has 0 saturated carbocycles. The molecule has 0 fully saturated rings. The lowest BCUT2D eigenvalue weighted by Crippen LogP contribution is -2.38. The quantitative estimate of drug-likeness (QED) is 0.503. The van der Waals surface area contributed by atoms with Crippen LogP contribution in [0.15, 0.2) is 52.1 Å². The average Bonchev–Trinajstić information content (AvgIpc) is 3.36. The summed E-state index contributed by atoms with van der Waals surface area (Å²) in [4.78, 5) is 25.9. The fourth-order valence-electron chi connectivity index (χ4n) is 3.60. The average molecular weight is 410 g/mol. The van der Waals surface area contributed by atoms with Crippen molar-refractivity contribution in [2.24, 2.45) is 0 Å². The van der Waals surface area contributed by atoms with Crippen LogP contribution in [-0.2, 0) is 11.3 Å². The standard InChI is InChI=1S/C21H22N4O5/c1-4-14(20(26)22-11-13-6-5-7-17(28-2)19(13)29-3)25-21(27)16-10-18-15(8-9-30-18)24(16)12-23-25/h5-10,12,14H,4,11H2,1-3H3,(H,22,26). The molecule has 3 heterocycles. The highest BCUT2D eigenvalue weighted by Crippen LogP contribution is 2.30. The van der Waals surface area contributed by atoms with Crippen LogP contribution in [0, 0.1) is 0 Å². The molecule has 156 valence electrons. The van der Waals surface area contributed by atoms with Gasteiger partial charge in [0, 0.05) is 24.2 Å². The van der Waals surface area contributed by atoms with Gasteiger partial charge in [0.1, 0.15) is 17.9 Å². The van der Waals surface area contributed by atoms with E-state index in [1.807, 2.05) is 19.1 Å². The van der Waals surface area contributed by atoms with Gasteiger partial charge in [-0.2, -0.15) is 5.10 Å². The van der Waals surface area contributed by atoms with E-state index in [0.29, 0.717) is 29.0 Å². The highest BCUT2D eigenvalue weighted by Gasteiger charge is 2.23. The van der Waals surface area contributed by atoms with E-state index in [4.69, 9.17) is 13.9 Å². The van der Waals surface area contributed by atoms with Crippen molar-refractivity contribution < 1.29 is 18.7 Å². The number of carbonyl (C=O) groups is 1. The summed E-state index contributed by atoms with van der Waals surface area (Å²) >= 11 is 0. The fraction of sp³-hybridized carbons (Fsp3) is 0.286. The van der Waals surface area contributed by atoms with Crippen LogP contribution >= 0.6 is 0 Å². The van der Waals surface area contributed by atoms with Crippen molar-refractivity contribution in [1.29, 1.82) is 0 Å². The van der Waals surface area contributed by atoms with Crippen molar-refractivity contribution in [3.05, 3.63) is 58.8 Å². The number of nitrogens with zero attached hydrogens (tertiary/aromatic N) is 3. The van der Waals surface area contributed by atoms with E-state index >= 15 is 0 Å². The molecule has 0 aliphatic heterocycles. The van der Waals surface area contributed by atoms with E-state index in [-0.39, 0.29) is 18.0 Å². The Balaban J connectivity index is 1.60. The number of amides is 1. The SMILES string of the molecule is CCC(C(=O)NCc1cccc(OC)c1OC)n1ncn2c(cc3occc32)c1=O. The summed E-state index contributed by atoms with van der Waals surface area (Å²) in [5, 5.41) is 7.11. The summed E-state index contributed by atoms with van der Waals surface area (Å²) < 4.78 is 18.9. The Labute approximate surface area is 171 Å². The minimum atomic E-state index is -0.750. The Morgan fingerprint density at radius 2 is 2.07 bits per heavy atom. The number of hydrogen-bond donors (Lipinski definition) is 1. The van der Waals surface area contributed by atoms with Gasteiger partial charge in [-0.3, -0.25) is 14.0 Å². The van der Waals surface area contributed by atoms with Crippen LogP contribution < -0.4 is 20.3 Å². The lowest BCUT2D eigenvalue weighted by atomic mass is 10.1. The maximum atomic E-state index is 13.0. The van der Waals surface area contributed by atoms with E-state index in [9.17, 15) is 9.59 Å². The normalized spacial score (nSPS) is 12.2. The molecular weight excluding hydrogens is 388 g/mol. The van der Waals surface area contributed by atoms with Gasteiger partial charge in [-0.15, -0.1) is 0 Å². The molecule has 1 amide bonds. The van der Waals surface area contributed by atoms with Gasteiger partial charge in [-0.1, -0.05) is 19.1 Å². The topological polar surface area (TPSA) is 100 Å². The second-order valence-corrected chi connectivity index (χ2v) is 6.74. The number of furan rings is 1. The van der Waals surface area contributed by atoms with Crippen LogP contribution in [0.2, 0.25) is 0 Å². The van der Waals surface area contributed by atoms with E-state index < -0.39 is 6.04 Å². The van der Waals surface area contributed by atoms with Gasteiger partial charge in [-0.05, 0) is 12.5 Å². The molecule has 0 aliphatic carbocycles. The number of carbonyl (C=O) groups excluding carboxylic acids is 1.